The van der Waals surface area contributed by atoms with E-state index in [9.17, 15) is 14.4 Å². The van der Waals surface area contributed by atoms with Crippen LogP contribution in [0, 0.1) is 11.8 Å². The Morgan fingerprint density at radius 1 is 1.03 bits per heavy atom. The molecule has 1 aromatic heterocycles. The molecule has 0 bridgehead atoms. The first-order valence-corrected chi connectivity index (χ1v) is 13.4. The SMILES string of the molecule is CC[C@@H](C)C(=O)N[C@H](C(=O)N1CCC[C@H]1C(=O)Nc1ccccc1-c1cccnc1)C1CCCCC1. The Balaban J connectivity index is 1.52. The number of pyridine rings is 1. The molecule has 7 heteroatoms. The van der Waals surface area contributed by atoms with Crippen molar-refractivity contribution in [2.45, 2.75) is 77.3 Å². The number of hydrogen-bond donors (Lipinski definition) is 2. The summed E-state index contributed by atoms with van der Waals surface area (Å²) in [5.41, 5.74) is 2.50. The van der Waals surface area contributed by atoms with Crippen LogP contribution in [0.25, 0.3) is 11.1 Å². The fraction of sp³-hybridized carbons (Fsp3) is 0.517. The van der Waals surface area contributed by atoms with E-state index in [4.69, 9.17) is 0 Å². The van der Waals surface area contributed by atoms with Crippen LogP contribution in [0.1, 0.15) is 65.2 Å². The van der Waals surface area contributed by atoms with Gasteiger partial charge in [0.25, 0.3) is 0 Å². The maximum atomic E-state index is 13.9. The number of carbonyl (C=O) groups is 3. The Bertz CT molecular complexity index is 1050. The number of hydrogen-bond acceptors (Lipinski definition) is 4. The highest BCUT2D eigenvalue weighted by molar-refractivity contribution is 6.01. The number of nitrogens with zero attached hydrogens (tertiary/aromatic N) is 2. The van der Waals surface area contributed by atoms with Crippen LogP contribution in [0.4, 0.5) is 5.69 Å². The Morgan fingerprint density at radius 3 is 2.53 bits per heavy atom. The van der Waals surface area contributed by atoms with Crippen molar-refractivity contribution in [2.24, 2.45) is 11.8 Å². The van der Waals surface area contributed by atoms with Crippen molar-refractivity contribution in [1.29, 1.82) is 0 Å². The van der Waals surface area contributed by atoms with Gasteiger partial charge in [0.1, 0.15) is 12.1 Å². The number of para-hydroxylation sites is 1. The fourth-order valence-electron chi connectivity index (χ4n) is 5.39. The van der Waals surface area contributed by atoms with Crippen LogP contribution in [0.5, 0.6) is 0 Å². The summed E-state index contributed by atoms with van der Waals surface area (Å²) in [6, 6.07) is 10.3. The lowest BCUT2D eigenvalue weighted by atomic mass is 9.83. The first kappa shape index (κ1) is 25.9. The van der Waals surface area contributed by atoms with Gasteiger partial charge in [-0.3, -0.25) is 19.4 Å². The Kier molecular flexibility index (Phi) is 8.73. The smallest absolute Gasteiger partial charge is 0.247 e. The zero-order chi connectivity index (χ0) is 25.5. The second kappa shape index (κ2) is 12.2. The lowest BCUT2D eigenvalue weighted by Crippen LogP contribution is -2.56. The number of amides is 3. The molecule has 1 aromatic carbocycles. The molecule has 1 saturated heterocycles. The maximum absolute atomic E-state index is 13.9. The number of anilines is 1. The molecule has 2 fully saturated rings. The third kappa shape index (κ3) is 5.94. The van der Waals surface area contributed by atoms with Crippen molar-refractivity contribution >= 4 is 23.4 Å². The van der Waals surface area contributed by atoms with Gasteiger partial charge in [-0.05, 0) is 50.2 Å². The first-order valence-electron chi connectivity index (χ1n) is 13.4. The Hall–Kier alpha value is -3.22. The van der Waals surface area contributed by atoms with Gasteiger partial charge in [-0.25, -0.2) is 0 Å². The first-order chi connectivity index (χ1) is 17.5. The summed E-state index contributed by atoms with van der Waals surface area (Å²) in [5, 5.41) is 6.16. The Morgan fingerprint density at radius 2 is 1.81 bits per heavy atom. The third-order valence-corrected chi connectivity index (χ3v) is 7.74. The van der Waals surface area contributed by atoms with E-state index in [0.717, 1.165) is 49.7 Å². The van der Waals surface area contributed by atoms with E-state index in [1.165, 1.54) is 6.42 Å². The number of nitrogens with one attached hydrogen (secondary N) is 2. The molecular weight excluding hydrogens is 452 g/mol. The standard InChI is InChI=1S/C29H38N4O3/c1-3-20(2)27(34)32-26(21-11-5-4-6-12-21)29(36)33-18-10-16-25(33)28(35)31-24-15-8-7-14-23(24)22-13-9-17-30-19-22/h7-9,13-15,17,19-21,25-26H,3-6,10-12,16,18H2,1-2H3,(H,31,35)(H,32,34)/t20-,25+,26+/m1/s1. The molecule has 2 aromatic rings. The minimum Gasteiger partial charge on any atom is -0.344 e. The van der Waals surface area contributed by atoms with Gasteiger partial charge in [-0.1, -0.05) is 57.4 Å². The van der Waals surface area contributed by atoms with Crippen molar-refractivity contribution in [2.75, 3.05) is 11.9 Å². The number of benzene rings is 1. The number of aromatic nitrogens is 1. The normalized spacial score (nSPS) is 19.9. The second-order valence-electron chi connectivity index (χ2n) is 10.2. The molecular formula is C29H38N4O3. The summed E-state index contributed by atoms with van der Waals surface area (Å²) in [5.74, 6) is -0.406. The van der Waals surface area contributed by atoms with Gasteiger partial charge >= 0.3 is 0 Å². The largest absolute Gasteiger partial charge is 0.344 e. The molecule has 3 amide bonds. The van der Waals surface area contributed by atoms with Crippen LogP contribution >= 0.6 is 0 Å². The zero-order valence-electron chi connectivity index (χ0n) is 21.4. The molecule has 192 valence electrons. The summed E-state index contributed by atoms with van der Waals surface area (Å²) >= 11 is 0. The van der Waals surface area contributed by atoms with Crippen LogP contribution in [0.15, 0.2) is 48.8 Å². The van der Waals surface area contributed by atoms with Gasteiger partial charge in [0.2, 0.25) is 17.7 Å². The van der Waals surface area contributed by atoms with Gasteiger partial charge in [0.05, 0.1) is 0 Å². The van der Waals surface area contributed by atoms with Gasteiger partial charge < -0.3 is 15.5 Å². The fourth-order valence-corrected chi connectivity index (χ4v) is 5.39. The molecule has 36 heavy (non-hydrogen) atoms. The minimum absolute atomic E-state index is 0.0768. The maximum Gasteiger partial charge on any atom is 0.247 e. The monoisotopic (exact) mass is 490 g/mol. The lowest BCUT2D eigenvalue weighted by molar-refractivity contribution is -0.142. The zero-order valence-corrected chi connectivity index (χ0v) is 21.4. The van der Waals surface area contributed by atoms with Gasteiger partial charge in [0.15, 0.2) is 0 Å². The van der Waals surface area contributed by atoms with Crippen molar-refractivity contribution in [3.63, 3.8) is 0 Å². The lowest BCUT2D eigenvalue weighted by Gasteiger charge is -2.35. The molecule has 3 atom stereocenters. The highest BCUT2D eigenvalue weighted by Crippen LogP contribution is 2.31. The van der Waals surface area contributed by atoms with E-state index < -0.39 is 12.1 Å². The average molecular weight is 491 g/mol. The quantitative estimate of drug-likeness (QED) is 0.557. The molecule has 7 nitrogen and oxygen atoms in total. The molecule has 2 aliphatic rings. The van der Waals surface area contributed by atoms with Crippen LogP contribution in [-0.2, 0) is 14.4 Å². The van der Waals surface area contributed by atoms with Crippen LogP contribution in [0.3, 0.4) is 0 Å². The summed E-state index contributed by atoms with van der Waals surface area (Å²) < 4.78 is 0. The van der Waals surface area contributed by atoms with E-state index >= 15 is 0 Å². The van der Waals surface area contributed by atoms with Crippen LogP contribution < -0.4 is 10.6 Å². The van der Waals surface area contributed by atoms with E-state index in [-0.39, 0.29) is 29.6 Å². The minimum atomic E-state index is -0.567. The molecule has 0 spiro atoms. The summed E-state index contributed by atoms with van der Waals surface area (Å²) in [7, 11) is 0. The van der Waals surface area contributed by atoms with E-state index in [1.807, 2.05) is 50.2 Å². The molecule has 1 saturated carbocycles. The summed E-state index contributed by atoms with van der Waals surface area (Å²) in [4.78, 5) is 46.1. The number of rotatable bonds is 8. The summed E-state index contributed by atoms with van der Waals surface area (Å²) in [6.07, 6.45) is 10.8. The predicted molar refractivity (Wildman–Crippen MR) is 141 cm³/mol. The van der Waals surface area contributed by atoms with Crippen LogP contribution in [-0.4, -0.2) is 46.2 Å². The molecule has 1 aliphatic carbocycles. The Labute approximate surface area is 214 Å². The van der Waals surface area contributed by atoms with Crippen molar-refractivity contribution < 1.29 is 14.4 Å². The highest BCUT2D eigenvalue weighted by atomic mass is 16.2. The van der Waals surface area contributed by atoms with Gasteiger partial charge in [0, 0.05) is 41.7 Å². The molecule has 2 heterocycles. The van der Waals surface area contributed by atoms with Crippen LogP contribution in [0.2, 0.25) is 0 Å². The number of carbonyl (C=O) groups excluding carboxylic acids is 3. The number of likely N-dealkylation sites (tertiary alicyclic amines) is 1. The van der Waals surface area contributed by atoms with Crippen molar-refractivity contribution in [3.8, 4) is 11.1 Å². The summed E-state index contributed by atoms with van der Waals surface area (Å²) in [6.45, 7) is 4.40. The molecule has 0 unspecified atom stereocenters. The highest BCUT2D eigenvalue weighted by Gasteiger charge is 2.41. The van der Waals surface area contributed by atoms with Crippen molar-refractivity contribution in [3.05, 3.63) is 48.8 Å². The topological polar surface area (TPSA) is 91.4 Å². The molecule has 1 aliphatic heterocycles. The van der Waals surface area contributed by atoms with E-state index in [2.05, 4.69) is 15.6 Å². The van der Waals surface area contributed by atoms with Crippen molar-refractivity contribution in [1.82, 2.24) is 15.2 Å². The molecule has 4 rings (SSSR count). The predicted octanol–water partition coefficient (Wildman–Crippen LogP) is 4.79. The second-order valence-corrected chi connectivity index (χ2v) is 10.2. The molecule has 0 radical (unpaired) electrons. The van der Waals surface area contributed by atoms with Gasteiger partial charge in [-0.2, -0.15) is 0 Å². The molecule has 2 N–H and O–H groups in total. The third-order valence-electron chi connectivity index (χ3n) is 7.74. The van der Waals surface area contributed by atoms with E-state index in [0.29, 0.717) is 18.7 Å². The van der Waals surface area contributed by atoms with Gasteiger partial charge in [-0.15, -0.1) is 0 Å². The average Bonchev–Trinajstić information content (AvgIpc) is 3.42. The van der Waals surface area contributed by atoms with E-state index in [1.54, 1.807) is 17.3 Å².